The molecule has 4 rings (SSSR count). The van der Waals surface area contributed by atoms with Gasteiger partial charge in [-0.25, -0.2) is 9.78 Å². The number of carbonyl (C=O) groups excluding carboxylic acids is 2. The van der Waals surface area contributed by atoms with Crippen molar-refractivity contribution in [2.45, 2.75) is 6.92 Å². The summed E-state index contributed by atoms with van der Waals surface area (Å²) in [5.41, 5.74) is 1.73. The van der Waals surface area contributed by atoms with Gasteiger partial charge < -0.3 is 9.47 Å². The summed E-state index contributed by atoms with van der Waals surface area (Å²) < 4.78 is 13.6. The number of aldehydes is 1. The van der Waals surface area contributed by atoms with E-state index in [0.717, 1.165) is 16.5 Å². The quantitative estimate of drug-likeness (QED) is 0.388. The molecule has 0 aliphatic rings. The standard InChI is InChI=1S/C19H14N2O4S/c1-2-24-18(23)15-10-20-19-21(15)14-8-7-13(9-17(14)26-19)25-16-6-4-3-5-12(16)11-22/h3-11H,2H2,1H3. The molecule has 0 unspecified atom stereocenters. The Morgan fingerprint density at radius 2 is 2.12 bits per heavy atom. The molecule has 2 heterocycles. The second-order valence-electron chi connectivity index (χ2n) is 5.47. The third kappa shape index (κ3) is 2.72. The van der Waals surface area contributed by atoms with Gasteiger partial charge in [-0.2, -0.15) is 0 Å². The van der Waals surface area contributed by atoms with Crippen LogP contribution >= 0.6 is 11.3 Å². The first-order chi connectivity index (χ1) is 12.7. The number of fused-ring (bicyclic) bond motifs is 3. The van der Waals surface area contributed by atoms with Crippen molar-refractivity contribution >= 4 is 38.8 Å². The Kier molecular flexibility index (Phi) is 4.14. The van der Waals surface area contributed by atoms with E-state index < -0.39 is 5.97 Å². The number of thiazole rings is 1. The predicted molar refractivity (Wildman–Crippen MR) is 98.4 cm³/mol. The van der Waals surface area contributed by atoms with Gasteiger partial charge >= 0.3 is 5.97 Å². The highest BCUT2D eigenvalue weighted by Crippen LogP contribution is 2.33. The second kappa shape index (κ2) is 6.61. The van der Waals surface area contributed by atoms with E-state index >= 15 is 0 Å². The molecule has 0 saturated carbocycles. The van der Waals surface area contributed by atoms with Gasteiger partial charge in [0.15, 0.2) is 16.9 Å². The largest absolute Gasteiger partial charge is 0.461 e. The molecule has 0 aliphatic carbocycles. The Balaban J connectivity index is 1.75. The summed E-state index contributed by atoms with van der Waals surface area (Å²) >= 11 is 1.45. The minimum atomic E-state index is -0.403. The summed E-state index contributed by atoms with van der Waals surface area (Å²) in [7, 11) is 0. The van der Waals surface area contributed by atoms with E-state index in [-0.39, 0.29) is 0 Å². The van der Waals surface area contributed by atoms with Gasteiger partial charge in [0.2, 0.25) is 0 Å². The Morgan fingerprint density at radius 3 is 2.92 bits per heavy atom. The summed E-state index contributed by atoms with van der Waals surface area (Å²) in [5, 5.41) is 0. The van der Waals surface area contributed by atoms with Crippen LogP contribution in [-0.2, 0) is 4.74 Å². The van der Waals surface area contributed by atoms with Crippen LogP contribution in [0.25, 0.3) is 15.2 Å². The summed E-state index contributed by atoms with van der Waals surface area (Å²) in [5.74, 6) is 0.698. The number of ether oxygens (including phenoxy) is 2. The molecule has 130 valence electrons. The van der Waals surface area contributed by atoms with Crippen LogP contribution in [0.5, 0.6) is 11.5 Å². The van der Waals surface area contributed by atoms with Crippen molar-refractivity contribution in [3.63, 3.8) is 0 Å². The molecule has 0 spiro atoms. The van der Waals surface area contributed by atoms with Crippen LogP contribution < -0.4 is 4.74 Å². The van der Waals surface area contributed by atoms with E-state index in [1.807, 2.05) is 18.2 Å². The first-order valence-corrected chi connectivity index (χ1v) is 8.82. The van der Waals surface area contributed by atoms with Crippen molar-refractivity contribution in [2.75, 3.05) is 6.61 Å². The Hall–Kier alpha value is -3.19. The van der Waals surface area contributed by atoms with Crippen LogP contribution in [0.2, 0.25) is 0 Å². The number of rotatable bonds is 5. The molecule has 2 aromatic heterocycles. The van der Waals surface area contributed by atoms with Gasteiger partial charge in [0.05, 0.1) is 28.6 Å². The Labute approximate surface area is 152 Å². The maximum absolute atomic E-state index is 12.1. The molecule has 2 aromatic carbocycles. The fraction of sp³-hybridized carbons (Fsp3) is 0.105. The highest BCUT2D eigenvalue weighted by Gasteiger charge is 2.17. The molecule has 0 radical (unpaired) electrons. The summed E-state index contributed by atoms with van der Waals surface area (Å²) in [4.78, 5) is 28.2. The van der Waals surface area contributed by atoms with Crippen molar-refractivity contribution in [1.29, 1.82) is 0 Å². The molecule has 0 bridgehead atoms. The number of hydrogen-bond donors (Lipinski definition) is 0. The van der Waals surface area contributed by atoms with Crippen molar-refractivity contribution in [3.8, 4) is 11.5 Å². The number of esters is 1. The fourth-order valence-corrected chi connectivity index (χ4v) is 3.74. The molecule has 0 atom stereocenters. The van der Waals surface area contributed by atoms with Crippen LogP contribution in [0.3, 0.4) is 0 Å². The number of carbonyl (C=O) groups is 2. The molecular formula is C19H14N2O4S. The van der Waals surface area contributed by atoms with Gasteiger partial charge in [0, 0.05) is 6.07 Å². The average molecular weight is 366 g/mol. The lowest BCUT2D eigenvalue weighted by Crippen LogP contribution is -2.07. The van der Waals surface area contributed by atoms with Crippen LogP contribution in [-0.4, -0.2) is 28.2 Å². The average Bonchev–Trinajstić information content (AvgIpc) is 3.21. The zero-order chi connectivity index (χ0) is 18.1. The third-order valence-corrected chi connectivity index (χ3v) is 4.88. The van der Waals surface area contributed by atoms with Crippen LogP contribution in [0, 0.1) is 0 Å². The smallest absolute Gasteiger partial charge is 0.357 e. The minimum Gasteiger partial charge on any atom is -0.461 e. The normalized spacial score (nSPS) is 11.0. The highest BCUT2D eigenvalue weighted by atomic mass is 32.1. The second-order valence-corrected chi connectivity index (χ2v) is 6.48. The van der Waals surface area contributed by atoms with Gasteiger partial charge in [0.1, 0.15) is 11.5 Å². The first-order valence-electron chi connectivity index (χ1n) is 8.00. The number of hydrogen-bond acceptors (Lipinski definition) is 6. The number of aromatic nitrogens is 2. The molecule has 7 heteroatoms. The molecular weight excluding hydrogens is 352 g/mol. The van der Waals surface area contributed by atoms with E-state index in [2.05, 4.69) is 4.98 Å². The monoisotopic (exact) mass is 366 g/mol. The molecule has 6 nitrogen and oxygen atoms in total. The van der Waals surface area contributed by atoms with Gasteiger partial charge in [-0.3, -0.25) is 9.20 Å². The SMILES string of the molecule is CCOC(=O)c1cnc2sc3cc(Oc4ccccc4C=O)ccc3n12. The predicted octanol–water partition coefficient (Wildman–Crippen LogP) is 4.33. The van der Waals surface area contributed by atoms with Crippen molar-refractivity contribution in [3.05, 3.63) is 59.9 Å². The van der Waals surface area contributed by atoms with Crippen LogP contribution in [0.15, 0.2) is 48.7 Å². The minimum absolute atomic E-state index is 0.308. The highest BCUT2D eigenvalue weighted by molar-refractivity contribution is 7.23. The van der Waals surface area contributed by atoms with E-state index in [1.54, 1.807) is 35.6 Å². The van der Waals surface area contributed by atoms with Gasteiger partial charge in [-0.1, -0.05) is 23.5 Å². The molecule has 0 aliphatic heterocycles. The van der Waals surface area contributed by atoms with Gasteiger partial charge in [-0.05, 0) is 31.2 Å². The van der Waals surface area contributed by atoms with Crippen LogP contribution in [0.4, 0.5) is 0 Å². The zero-order valence-corrected chi connectivity index (χ0v) is 14.7. The molecule has 0 N–H and O–H groups in total. The summed E-state index contributed by atoms with van der Waals surface area (Å²) in [6.45, 7) is 2.07. The maximum atomic E-state index is 12.1. The lowest BCUT2D eigenvalue weighted by atomic mass is 10.2. The lowest BCUT2D eigenvalue weighted by molar-refractivity contribution is 0.0518. The lowest BCUT2D eigenvalue weighted by Gasteiger charge is -2.07. The van der Waals surface area contributed by atoms with E-state index in [4.69, 9.17) is 9.47 Å². The number of benzene rings is 2. The molecule has 0 amide bonds. The topological polar surface area (TPSA) is 69.9 Å². The zero-order valence-electron chi connectivity index (χ0n) is 13.8. The van der Waals surface area contributed by atoms with E-state index in [9.17, 15) is 9.59 Å². The maximum Gasteiger partial charge on any atom is 0.357 e. The fourth-order valence-electron chi connectivity index (χ4n) is 2.71. The van der Waals surface area contributed by atoms with Gasteiger partial charge in [-0.15, -0.1) is 0 Å². The Bertz CT molecular complexity index is 1130. The van der Waals surface area contributed by atoms with Crippen LogP contribution in [0.1, 0.15) is 27.8 Å². The summed E-state index contributed by atoms with van der Waals surface area (Å²) in [6, 6.07) is 12.6. The number of para-hydroxylation sites is 1. The molecule has 26 heavy (non-hydrogen) atoms. The number of nitrogens with zero attached hydrogens (tertiary/aromatic N) is 2. The Morgan fingerprint density at radius 1 is 1.27 bits per heavy atom. The summed E-state index contributed by atoms with van der Waals surface area (Å²) in [6.07, 6.45) is 2.28. The van der Waals surface area contributed by atoms with Gasteiger partial charge in [0.25, 0.3) is 0 Å². The number of imidazole rings is 1. The van der Waals surface area contributed by atoms with E-state index in [1.165, 1.54) is 17.5 Å². The molecule has 4 aromatic rings. The third-order valence-electron chi connectivity index (χ3n) is 3.86. The molecule has 0 saturated heterocycles. The first kappa shape index (κ1) is 16.3. The van der Waals surface area contributed by atoms with E-state index in [0.29, 0.717) is 34.3 Å². The van der Waals surface area contributed by atoms with Crippen molar-refractivity contribution < 1.29 is 19.1 Å². The molecule has 0 fully saturated rings. The van der Waals surface area contributed by atoms with Crippen molar-refractivity contribution in [1.82, 2.24) is 9.38 Å². The van der Waals surface area contributed by atoms with Crippen molar-refractivity contribution in [2.24, 2.45) is 0 Å².